The summed E-state index contributed by atoms with van der Waals surface area (Å²) in [6.45, 7) is 2.69. The van der Waals surface area contributed by atoms with E-state index in [0.717, 1.165) is 0 Å². The molecule has 0 saturated heterocycles. The quantitative estimate of drug-likeness (QED) is 0.302. The van der Waals surface area contributed by atoms with Crippen molar-refractivity contribution in [3.8, 4) is 0 Å². The summed E-state index contributed by atoms with van der Waals surface area (Å²) >= 11 is 0. The van der Waals surface area contributed by atoms with Gasteiger partial charge in [0, 0.05) is 0 Å². The lowest BCUT2D eigenvalue weighted by Crippen LogP contribution is -1.48. The lowest BCUT2D eigenvalue weighted by molar-refractivity contribution is 0.562. The zero-order valence-corrected chi connectivity index (χ0v) is 2.37. The topological polar surface area (TPSA) is 0 Å². The van der Waals surface area contributed by atoms with Crippen molar-refractivity contribution < 1.29 is 4.39 Å². The van der Waals surface area contributed by atoms with Crippen molar-refractivity contribution in [1.82, 2.24) is 0 Å². The molecule has 2 heteroatoms. The second kappa shape index (κ2) is 9.28. The number of hydrogen-bond acceptors (Lipinski definition) is 0. The number of hydrogen-bond donors (Lipinski definition) is 0. The van der Waals surface area contributed by atoms with Gasteiger partial charge in [-0.15, -0.1) is 6.58 Å². The maximum Gasteiger partial charge on any atom is 0.107 e. The highest BCUT2D eigenvalue weighted by atomic mass is 19.1. The van der Waals surface area contributed by atoms with Crippen LogP contribution >= 0.6 is 0 Å². The second-order valence-electron chi connectivity index (χ2n) is 0.443. The van der Waals surface area contributed by atoms with Gasteiger partial charge in [0.05, 0.1) is 8.41 Å². The Labute approximate surface area is 33.3 Å². The van der Waals surface area contributed by atoms with Gasteiger partial charge in [-0.1, -0.05) is 6.08 Å². The third-order valence-corrected chi connectivity index (χ3v) is 0.109. The lowest BCUT2D eigenvalue weighted by Gasteiger charge is -1.54. The van der Waals surface area contributed by atoms with E-state index in [1.54, 1.807) is 0 Å². The Kier molecular flexibility index (Phi) is 16.4. The van der Waals surface area contributed by atoms with Crippen LogP contribution in [0, 0.1) is 0 Å². The third-order valence-electron chi connectivity index (χ3n) is 0.109. The summed E-state index contributed by atoms with van der Waals surface area (Å²) in [5.74, 6) is 0. The molecule has 0 unspecified atom stereocenters. The zero-order chi connectivity index (χ0) is 3.41. The normalized spacial score (nSPS) is 5.00. The van der Waals surface area contributed by atoms with Crippen LogP contribution in [0.5, 0.6) is 0 Å². The molecule has 0 radical (unpaired) electrons. The average Bonchev–Trinajstić information content (AvgIpc) is 1.37. The molecule has 0 aromatic rings. The molecule has 0 fully saturated rings. The molecule has 0 aromatic carbocycles. The van der Waals surface area contributed by atoms with Crippen LogP contribution in [0.2, 0.25) is 0 Å². The Morgan fingerprint density at radius 3 is 2.00 bits per heavy atom. The molecule has 0 aliphatic rings. The van der Waals surface area contributed by atoms with Crippen LogP contribution in [0.25, 0.3) is 0 Å². The predicted molar refractivity (Wildman–Crippen MR) is 26.1 cm³/mol. The summed E-state index contributed by atoms with van der Waals surface area (Å²) in [4.78, 5) is 0. The fraction of sp³-hybridized carbons (Fsp3) is 0.333. The number of allylic oxidation sites excluding steroid dienone is 1. The highest BCUT2D eigenvalue weighted by Gasteiger charge is 1.49. The van der Waals surface area contributed by atoms with Crippen LogP contribution in [0.15, 0.2) is 12.7 Å². The largest absolute Gasteiger partial charge is 0.247 e. The van der Waals surface area contributed by atoms with Crippen molar-refractivity contribution >= 4 is 8.41 Å². The summed E-state index contributed by atoms with van der Waals surface area (Å²) in [6, 6.07) is 0. The Morgan fingerprint density at radius 1 is 1.80 bits per heavy atom. The summed E-state index contributed by atoms with van der Waals surface area (Å²) in [5, 5.41) is 0. The molecule has 0 aliphatic carbocycles. The first kappa shape index (κ1) is 8.83. The molecule has 0 atom stereocenters. The summed E-state index contributed by atoms with van der Waals surface area (Å²) in [6.07, 6.45) is 1.21. The predicted octanol–water partition coefficient (Wildman–Crippen LogP) is -0.0420. The SMILES string of the molecule is B.C=CCF. The van der Waals surface area contributed by atoms with E-state index in [1.807, 2.05) is 0 Å². The van der Waals surface area contributed by atoms with Gasteiger partial charge < -0.3 is 0 Å². The average molecular weight is 73.9 g/mol. The molecule has 0 bridgehead atoms. The third kappa shape index (κ3) is 20.8. The zero-order valence-electron chi connectivity index (χ0n) is 2.37. The van der Waals surface area contributed by atoms with Gasteiger partial charge in [0.2, 0.25) is 0 Å². The van der Waals surface area contributed by atoms with Crippen LogP contribution in [0.4, 0.5) is 4.39 Å². The van der Waals surface area contributed by atoms with Crippen LogP contribution in [0.1, 0.15) is 0 Å². The summed E-state index contributed by atoms with van der Waals surface area (Å²) < 4.78 is 10.6. The van der Waals surface area contributed by atoms with E-state index >= 15 is 0 Å². The van der Waals surface area contributed by atoms with Crippen LogP contribution in [-0.2, 0) is 0 Å². The fourth-order valence-electron chi connectivity index (χ4n) is 0. The molecule has 0 amide bonds. The minimum Gasteiger partial charge on any atom is -0.247 e. The van der Waals surface area contributed by atoms with Crippen molar-refractivity contribution in [3.63, 3.8) is 0 Å². The Bertz CT molecular complexity index is 20.9. The van der Waals surface area contributed by atoms with Gasteiger partial charge >= 0.3 is 0 Å². The molecule has 0 heterocycles. The van der Waals surface area contributed by atoms with Crippen molar-refractivity contribution in [2.24, 2.45) is 0 Å². The molecule has 5 heavy (non-hydrogen) atoms. The first-order chi connectivity index (χ1) is 1.91. The molecule has 0 aromatic heterocycles. The summed E-state index contributed by atoms with van der Waals surface area (Å²) in [5.41, 5.74) is 0. The van der Waals surface area contributed by atoms with Gasteiger partial charge in [-0.25, -0.2) is 4.39 Å². The molecular formula is C3H8BF. The van der Waals surface area contributed by atoms with E-state index in [4.69, 9.17) is 0 Å². The van der Waals surface area contributed by atoms with E-state index < -0.39 is 6.67 Å². The second-order valence-corrected chi connectivity index (χ2v) is 0.443. The lowest BCUT2D eigenvalue weighted by atomic mass is 10.7. The Balaban J connectivity index is 0. The van der Waals surface area contributed by atoms with Crippen molar-refractivity contribution in [3.05, 3.63) is 12.7 Å². The molecule has 0 saturated carbocycles. The van der Waals surface area contributed by atoms with Crippen LogP contribution in [0.3, 0.4) is 0 Å². The van der Waals surface area contributed by atoms with Gasteiger partial charge in [0.25, 0.3) is 0 Å². The highest BCUT2D eigenvalue weighted by Crippen LogP contribution is 1.58. The van der Waals surface area contributed by atoms with Crippen molar-refractivity contribution in [2.75, 3.05) is 6.67 Å². The molecule has 0 aliphatic heterocycles. The highest BCUT2D eigenvalue weighted by molar-refractivity contribution is 5.75. The maximum absolute atomic E-state index is 10.6. The number of halogens is 1. The van der Waals surface area contributed by atoms with Gasteiger partial charge in [-0.05, 0) is 0 Å². The molecule has 0 nitrogen and oxygen atoms in total. The van der Waals surface area contributed by atoms with E-state index in [1.165, 1.54) is 6.08 Å². The molecule has 30 valence electrons. The van der Waals surface area contributed by atoms with Crippen molar-refractivity contribution in [2.45, 2.75) is 0 Å². The molecule has 0 N–H and O–H groups in total. The van der Waals surface area contributed by atoms with Gasteiger partial charge in [-0.2, -0.15) is 0 Å². The number of rotatable bonds is 1. The summed E-state index contributed by atoms with van der Waals surface area (Å²) in [7, 11) is 0. The molecule has 0 rings (SSSR count). The fourth-order valence-corrected chi connectivity index (χ4v) is 0. The van der Waals surface area contributed by atoms with Gasteiger partial charge in [-0.3, -0.25) is 0 Å². The number of alkyl halides is 1. The smallest absolute Gasteiger partial charge is 0.107 e. The van der Waals surface area contributed by atoms with Crippen LogP contribution in [-0.4, -0.2) is 15.1 Å². The standard InChI is InChI=1S/C3H5F.BH3/c1-2-3-4;/h2H,1,3H2;1H3. The van der Waals surface area contributed by atoms with Crippen molar-refractivity contribution in [1.29, 1.82) is 0 Å². The minimum absolute atomic E-state index is 0. The Morgan fingerprint density at radius 2 is 2.00 bits per heavy atom. The Hall–Kier alpha value is -0.265. The monoisotopic (exact) mass is 74.1 g/mol. The first-order valence-electron chi connectivity index (χ1n) is 1.08. The maximum atomic E-state index is 10.6. The van der Waals surface area contributed by atoms with Gasteiger partial charge in [0.1, 0.15) is 6.67 Å². The van der Waals surface area contributed by atoms with E-state index in [9.17, 15) is 4.39 Å². The van der Waals surface area contributed by atoms with Crippen LogP contribution < -0.4 is 0 Å². The van der Waals surface area contributed by atoms with E-state index in [-0.39, 0.29) is 8.41 Å². The minimum atomic E-state index is -0.417. The molecular weight excluding hydrogens is 65.8 g/mol. The first-order valence-corrected chi connectivity index (χ1v) is 1.08. The van der Waals surface area contributed by atoms with E-state index in [0.29, 0.717) is 0 Å². The molecule has 0 spiro atoms. The van der Waals surface area contributed by atoms with Gasteiger partial charge in [0.15, 0.2) is 0 Å². The van der Waals surface area contributed by atoms with E-state index in [2.05, 4.69) is 6.58 Å².